The van der Waals surface area contributed by atoms with Crippen molar-refractivity contribution >= 4 is 5.69 Å². The number of rotatable bonds is 4. The second-order valence-electron chi connectivity index (χ2n) is 4.04. The van der Waals surface area contributed by atoms with E-state index in [1.54, 1.807) is 13.2 Å². The Hall–Kier alpha value is -2.10. The third-order valence-electron chi connectivity index (χ3n) is 2.51. The summed E-state index contributed by atoms with van der Waals surface area (Å²) in [4.78, 5) is 4.27. The van der Waals surface area contributed by atoms with Crippen molar-refractivity contribution in [2.24, 2.45) is 0 Å². The number of nitrogens with one attached hydrogen (secondary N) is 1. The van der Waals surface area contributed by atoms with E-state index in [-0.39, 0.29) is 5.82 Å². The van der Waals surface area contributed by atoms with E-state index in [9.17, 15) is 4.39 Å². The highest BCUT2D eigenvalue weighted by atomic mass is 19.1. The minimum Gasteiger partial charge on any atom is -0.481 e. The highest BCUT2D eigenvalue weighted by Gasteiger charge is 2.00. The third kappa shape index (κ3) is 3.20. The van der Waals surface area contributed by atoms with Crippen LogP contribution in [0.1, 0.15) is 11.3 Å². The van der Waals surface area contributed by atoms with Crippen LogP contribution in [0.15, 0.2) is 36.4 Å². The average molecular weight is 246 g/mol. The first-order valence-electron chi connectivity index (χ1n) is 5.68. The normalized spacial score (nSPS) is 10.2. The van der Waals surface area contributed by atoms with E-state index in [0.717, 1.165) is 16.9 Å². The van der Waals surface area contributed by atoms with Gasteiger partial charge in [-0.3, -0.25) is 0 Å². The molecule has 1 aromatic heterocycles. The van der Waals surface area contributed by atoms with Gasteiger partial charge < -0.3 is 10.1 Å². The summed E-state index contributed by atoms with van der Waals surface area (Å²) in [5, 5.41) is 3.14. The van der Waals surface area contributed by atoms with Gasteiger partial charge in [-0.25, -0.2) is 9.37 Å². The first-order valence-corrected chi connectivity index (χ1v) is 5.68. The van der Waals surface area contributed by atoms with Crippen LogP contribution in [0, 0.1) is 12.7 Å². The summed E-state index contributed by atoms with van der Waals surface area (Å²) >= 11 is 0. The predicted molar refractivity (Wildman–Crippen MR) is 69.3 cm³/mol. The van der Waals surface area contributed by atoms with E-state index in [1.807, 2.05) is 25.1 Å². The summed E-state index contributed by atoms with van der Waals surface area (Å²) in [6.45, 7) is 2.39. The van der Waals surface area contributed by atoms with Gasteiger partial charge in [-0.1, -0.05) is 6.07 Å². The molecule has 1 N–H and O–H groups in total. The van der Waals surface area contributed by atoms with Crippen LogP contribution < -0.4 is 10.1 Å². The molecule has 0 unspecified atom stereocenters. The predicted octanol–water partition coefficient (Wildman–Crippen LogP) is 3.15. The second kappa shape index (κ2) is 5.49. The molecule has 3 nitrogen and oxygen atoms in total. The summed E-state index contributed by atoms with van der Waals surface area (Å²) < 4.78 is 18.2. The fourth-order valence-corrected chi connectivity index (χ4v) is 1.70. The number of nitrogens with zero attached hydrogens (tertiary/aromatic N) is 1. The standard InChI is InChI=1S/C14H15FN2O/c1-10-6-11(15)8-13(7-10)16-9-12-4-3-5-14(17-12)18-2/h3-8,16H,9H2,1-2H3. The zero-order valence-electron chi connectivity index (χ0n) is 10.4. The van der Waals surface area contributed by atoms with E-state index in [2.05, 4.69) is 10.3 Å². The molecule has 0 saturated carbocycles. The molecule has 0 aliphatic carbocycles. The highest BCUT2D eigenvalue weighted by Crippen LogP contribution is 2.14. The lowest BCUT2D eigenvalue weighted by Gasteiger charge is -2.08. The fourth-order valence-electron chi connectivity index (χ4n) is 1.70. The molecule has 0 amide bonds. The Morgan fingerprint density at radius 3 is 2.83 bits per heavy atom. The Morgan fingerprint density at radius 1 is 1.28 bits per heavy atom. The number of anilines is 1. The van der Waals surface area contributed by atoms with E-state index in [0.29, 0.717) is 12.4 Å². The Labute approximate surface area is 106 Å². The molecule has 0 saturated heterocycles. The molecule has 0 aliphatic rings. The first-order chi connectivity index (χ1) is 8.67. The van der Waals surface area contributed by atoms with Crippen molar-refractivity contribution in [3.63, 3.8) is 0 Å². The SMILES string of the molecule is COc1cccc(CNc2cc(C)cc(F)c2)n1. The van der Waals surface area contributed by atoms with E-state index < -0.39 is 0 Å². The average Bonchev–Trinajstić information content (AvgIpc) is 2.35. The smallest absolute Gasteiger partial charge is 0.213 e. The molecule has 1 aromatic carbocycles. The van der Waals surface area contributed by atoms with Crippen molar-refractivity contribution in [1.29, 1.82) is 0 Å². The number of hydrogen-bond donors (Lipinski definition) is 1. The van der Waals surface area contributed by atoms with Crippen molar-refractivity contribution < 1.29 is 9.13 Å². The van der Waals surface area contributed by atoms with Crippen molar-refractivity contribution in [3.8, 4) is 5.88 Å². The lowest BCUT2D eigenvalue weighted by Crippen LogP contribution is -2.03. The number of halogens is 1. The Balaban J connectivity index is 2.06. The van der Waals surface area contributed by atoms with Gasteiger partial charge in [0.15, 0.2) is 0 Å². The maximum atomic E-state index is 13.2. The molecule has 0 radical (unpaired) electrons. The number of ether oxygens (including phenoxy) is 1. The molecule has 4 heteroatoms. The van der Waals surface area contributed by atoms with Crippen LogP contribution in [-0.4, -0.2) is 12.1 Å². The summed E-state index contributed by atoms with van der Waals surface area (Å²) in [6, 6.07) is 10.4. The number of pyridine rings is 1. The maximum absolute atomic E-state index is 13.2. The molecular formula is C14H15FN2O. The molecular weight excluding hydrogens is 231 g/mol. The Bertz CT molecular complexity index is 523. The van der Waals surface area contributed by atoms with E-state index in [4.69, 9.17) is 4.74 Å². The molecule has 1 heterocycles. The molecule has 2 rings (SSSR count). The van der Waals surface area contributed by atoms with Gasteiger partial charge in [0.25, 0.3) is 0 Å². The maximum Gasteiger partial charge on any atom is 0.213 e. The van der Waals surface area contributed by atoms with Crippen LogP contribution in [0.4, 0.5) is 10.1 Å². The molecule has 0 spiro atoms. The minimum atomic E-state index is -0.240. The zero-order valence-corrected chi connectivity index (χ0v) is 10.4. The number of methoxy groups -OCH3 is 1. The number of aromatic nitrogens is 1. The summed E-state index contributed by atoms with van der Waals surface area (Å²) in [7, 11) is 1.58. The Kier molecular flexibility index (Phi) is 3.77. The van der Waals surface area contributed by atoms with E-state index >= 15 is 0 Å². The monoisotopic (exact) mass is 246 g/mol. The summed E-state index contributed by atoms with van der Waals surface area (Å²) in [6.07, 6.45) is 0. The van der Waals surface area contributed by atoms with Gasteiger partial charge in [-0.15, -0.1) is 0 Å². The molecule has 2 aromatic rings. The first kappa shape index (κ1) is 12.4. The number of benzene rings is 1. The third-order valence-corrected chi connectivity index (χ3v) is 2.51. The zero-order chi connectivity index (χ0) is 13.0. The largest absolute Gasteiger partial charge is 0.481 e. The van der Waals surface area contributed by atoms with Crippen molar-refractivity contribution in [1.82, 2.24) is 4.98 Å². The quantitative estimate of drug-likeness (QED) is 0.899. The lowest BCUT2D eigenvalue weighted by atomic mass is 10.2. The molecule has 94 valence electrons. The van der Waals surface area contributed by atoms with Gasteiger partial charge in [0.1, 0.15) is 5.82 Å². The van der Waals surface area contributed by atoms with Gasteiger partial charge in [-0.05, 0) is 36.8 Å². The molecule has 18 heavy (non-hydrogen) atoms. The van der Waals surface area contributed by atoms with Gasteiger partial charge in [0, 0.05) is 11.8 Å². The van der Waals surface area contributed by atoms with E-state index in [1.165, 1.54) is 12.1 Å². The van der Waals surface area contributed by atoms with Crippen LogP contribution in [-0.2, 0) is 6.54 Å². The highest BCUT2D eigenvalue weighted by molar-refractivity contribution is 5.46. The van der Waals surface area contributed by atoms with Crippen LogP contribution in [0.5, 0.6) is 5.88 Å². The van der Waals surface area contributed by atoms with Crippen LogP contribution in [0.25, 0.3) is 0 Å². The summed E-state index contributed by atoms with van der Waals surface area (Å²) in [5.74, 6) is 0.334. The summed E-state index contributed by atoms with van der Waals surface area (Å²) in [5.41, 5.74) is 2.48. The lowest BCUT2D eigenvalue weighted by molar-refractivity contribution is 0.396. The van der Waals surface area contributed by atoms with Crippen LogP contribution in [0.2, 0.25) is 0 Å². The Morgan fingerprint density at radius 2 is 2.11 bits per heavy atom. The van der Waals surface area contributed by atoms with Crippen LogP contribution >= 0.6 is 0 Å². The van der Waals surface area contributed by atoms with Crippen molar-refractivity contribution in [3.05, 3.63) is 53.5 Å². The second-order valence-corrected chi connectivity index (χ2v) is 4.04. The number of aryl methyl sites for hydroxylation is 1. The van der Waals surface area contributed by atoms with Gasteiger partial charge in [0.05, 0.1) is 19.3 Å². The molecule has 0 fully saturated rings. The van der Waals surface area contributed by atoms with Crippen LogP contribution in [0.3, 0.4) is 0 Å². The fraction of sp³-hybridized carbons (Fsp3) is 0.214. The number of hydrogen-bond acceptors (Lipinski definition) is 3. The molecule has 0 bridgehead atoms. The topological polar surface area (TPSA) is 34.1 Å². The van der Waals surface area contributed by atoms with Crippen molar-refractivity contribution in [2.75, 3.05) is 12.4 Å². The molecule has 0 atom stereocenters. The van der Waals surface area contributed by atoms with Gasteiger partial charge in [0.2, 0.25) is 5.88 Å². The van der Waals surface area contributed by atoms with Gasteiger partial charge in [-0.2, -0.15) is 0 Å². The van der Waals surface area contributed by atoms with Crippen molar-refractivity contribution in [2.45, 2.75) is 13.5 Å². The van der Waals surface area contributed by atoms with Gasteiger partial charge >= 0.3 is 0 Å². The minimum absolute atomic E-state index is 0.240. The molecule has 0 aliphatic heterocycles.